The van der Waals surface area contributed by atoms with Crippen molar-refractivity contribution in [1.29, 1.82) is 0 Å². The molecule has 0 saturated heterocycles. The first-order valence-electron chi connectivity index (χ1n) is 11.1. The van der Waals surface area contributed by atoms with Crippen molar-refractivity contribution in [3.63, 3.8) is 0 Å². The first-order valence-corrected chi connectivity index (χ1v) is 14.2. The quantitative estimate of drug-likeness (QED) is 0.222. The SMILES string of the molecule is CCC(C)S(=O)(=O)Nc1ccc(F)c(C(=O)c2cn(C(=O)c3c(Cl)cccc3Cl)c3ncc(Br)cc23)c1F. The lowest BCUT2D eigenvalue weighted by atomic mass is 10.0. The lowest BCUT2D eigenvalue weighted by molar-refractivity contribution is 0.0964. The molecule has 0 bridgehead atoms. The second-order valence-electron chi connectivity index (χ2n) is 8.32. The van der Waals surface area contributed by atoms with E-state index in [4.69, 9.17) is 23.2 Å². The Bertz CT molecular complexity index is 1710. The van der Waals surface area contributed by atoms with Crippen LogP contribution < -0.4 is 4.72 Å². The number of benzene rings is 2. The van der Waals surface area contributed by atoms with Crippen molar-refractivity contribution in [1.82, 2.24) is 9.55 Å². The van der Waals surface area contributed by atoms with Gasteiger partial charge in [0.2, 0.25) is 15.8 Å². The molecule has 0 aliphatic heterocycles. The summed E-state index contributed by atoms with van der Waals surface area (Å²) in [6, 6.07) is 7.60. The summed E-state index contributed by atoms with van der Waals surface area (Å²) in [5.41, 5.74) is -1.90. The summed E-state index contributed by atoms with van der Waals surface area (Å²) in [4.78, 5) is 31.2. The maximum Gasteiger partial charge on any atom is 0.266 e. The van der Waals surface area contributed by atoms with E-state index in [1.165, 1.54) is 31.3 Å². The van der Waals surface area contributed by atoms with Gasteiger partial charge in [0.25, 0.3) is 5.91 Å². The van der Waals surface area contributed by atoms with Crippen molar-refractivity contribution in [2.75, 3.05) is 4.72 Å². The van der Waals surface area contributed by atoms with Crippen LogP contribution in [0.15, 0.2) is 53.3 Å². The van der Waals surface area contributed by atoms with Crippen molar-refractivity contribution in [2.24, 2.45) is 0 Å². The lowest BCUT2D eigenvalue weighted by Gasteiger charge is -2.15. The summed E-state index contributed by atoms with van der Waals surface area (Å²) in [6.07, 6.45) is 2.71. The number of carbonyl (C=O) groups is 2. The monoisotopic (exact) mass is 643 g/mol. The maximum absolute atomic E-state index is 15.5. The van der Waals surface area contributed by atoms with Gasteiger partial charge in [-0.2, -0.15) is 0 Å². The third kappa shape index (κ3) is 5.07. The Morgan fingerprint density at radius 3 is 2.42 bits per heavy atom. The van der Waals surface area contributed by atoms with Crippen LogP contribution in [0.3, 0.4) is 0 Å². The minimum atomic E-state index is -4.01. The van der Waals surface area contributed by atoms with E-state index in [1.807, 2.05) is 0 Å². The molecule has 4 aromatic rings. The van der Waals surface area contributed by atoms with E-state index in [2.05, 4.69) is 25.6 Å². The molecule has 2 aromatic carbocycles. The lowest BCUT2D eigenvalue weighted by Crippen LogP contribution is -2.25. The number of carbonyl (C=O) groups excluding carboxylic acids is 2. The predicted octanol–water partition coefficient (Wildman–Crippen LogP) is 6.84. The number of ketones is 1. The molecule has 2 heterocycles. The fourth-order valence-electron chi connectivity index (χ4n) is 3.69. The zero-order valence-corrected chi connectivity index (χ0v) is 23.6. The summed E-state index contributed by atoms with van der Waals surface area (Å²) >= 11 is 15.6. The number of pyridine rings is 1. The van der Waals surface area contributed by atoms with Crippen LogP contribution in [0.1, 0.15) is 46.5 Å². The van der Waals surface area contributed by atoms with Gasteiger partial charge in [-0.25, -0.2) is 22.2 Å². The van der Waals surface area contributed by atoms with Gasteiger partial charge in [0.15, 0.2) is 5.82 Å². The molecule has 13 heteroatoms. The van der Waals surface area contributed by atoms with Crippen LogP contribution >= 0.6 is 39.1 Å². The Balaban J connectivity index is 1.89. The van der Waals surface area contributed by atoms with Crippen molar-refractivity contribution in [2.45, 2.75) is 25.5 Å². The second kappa shape index (κ2) is 10.7. The fraction of sp³-hybridized carbons (Fsp3) is 0.160. The highest BCUT2D eigenvalue weighted by molar-refractivity contribution is 9.10. The summed E-state index contributed by atoms with van der Waals surface area (Å²) in [5.74, 6) is -4.48. The van der Waals surface area contributed by atoms with Crippen molar-refractivity contribution in [3.8, 4) is 0 Å². The topological polar surface area (TPSA) is 98.1 Å². The molecule has 198 valence electrons. The Kier molecular flexibility index (Phi) is 7.94. The number of nitrogens with one attached hydrogen (secondary N) is 1. The summed E-state index contributed by atoms with van der Waals surface area (Å²) in [7, 11) is -4.01. The summed E-state index contributed by atoms with van der Waals surface area (Å²) in [5, 5.41) is -0.666. The third-order valence-electron chi connectivity index (χ3n) is 5.92. The van der Waals surface area contributed by atoms with E-state index in [0.29, 0.717) is 4.47 Å². The van der Waals surface area contributed by atoms with Crippen LogP contribution in [-0.4, -0.2) is 34.9 Å². The number of hydrogen-bond acceptors (Lipinski definition) is 5. The molecule has 0 aliphatic carbocycles. The first-order chi connectivity index (χ1) is 17.9. The Morgan fingerprint density at radius 1 is 1.13 bits per heavy atom. The van der Waals surface area contributed by atoms with Crippen LogP contribution in [0.5, 0.6) is 0 Å². The highest BCUT2D eigenvalue weighted by atomic mass is 79.9. The fourth-order valence-corrected chi connectivity index (χ4v) is 5.68. The zero-order chi connectivity index (χ0) is 27.9. The van der Waals surface area contributed by atoms with Crippen LogP contribution in [0, 0.1) is 11.6 Å². The van der Waals surface area contributed by atoms with Crippen LogP contribution in [0.2, 0.25) is 10.0 Å². The maximum atomic E-state index is 15.5. The van der Waals surface area contributed by atoms with Gasteiger partial charge in [0.1, 0.15) is 11.5 Å². The van der Waals surface area contributed by atoms with E-state index < -0.39 is 49.8 Å². The largest absolute Gasteiger partial charge is 0.288 e. The van der Waals surface area contributed by atoms with Gasteiger partial charge in [0.05, 0.1) is 37.7 Å². The molecule has 2 aromatic heterocycles. The van der Waals surface area contributed by atoms with Crippen LogP contribution in [-0.2, 0) is 10.0 Å². The molecule has 1 atom stereocenters. The van der Waals surface area contributed by atoms with E-state index in [9.17, 15) is 22.4 Å². The van der Waals surface area contributed by atoms with E-state index in [1.54, 1.807) is 13.0 Å². The van der Waals surface area contributed by atoms with Crippen LogP contribution in [0.4, 0.5) is 14.5 Å². The molecule has 0 aliphatic rings. The molecule has 1 unspecified atom stereocenters. The zero-order valence-electron chi connectivity index (χ0n) is 19.7. The van der Waals surface area contributed by atoms with Crippen molar-refractivity contribution in [3.05, 3.63) is 91.6 Å². The van der Waals surface area contributed by atoms with Gasteiger partial charge in [-0.1, -0.05) is 36.2 Å². The molecular weight excluding hydrogens is 627 g/mol. The van der Waals surface area contributed by atoms with Crippen LogP contribution in [0.25, 0.3) is 11.0 Å². The molecular formula is C25H18BrCl2F2N3O4S. The minimum absolute atomic E-state index is 0.00646. The summed E-state index contributed by atoms with van der Waals surface area (Å²) in [6.45, 7) is 3.07. The Morgan fingerprint density at radius 2 is 1.79 bits per heavy atom. The molecule has 4 rings (SSSR count). The third-order valence-corrected chi connectivity index (χ3v) is 8.89. The van der Waals surface area contributed by atoms with Gasteiger partial charge < -0.3 is 0 Å². The van der Waals surface area contributed by atoms with Crippen molar-refractivity contribution < 1.29 is 26.8 Å². The van der Waals surface area contributed by atoms with Gasteiger partial charge in [-0.15, -0.1) is 0 Å². The number of aromatic nitrogens is 2. The average molecular weight is 645 g/mol. The van der Waals surface area contributed by atoms with E-state index in [-0.39, 0.29) is 38.6 Å². The van der Waals surface area contributed by atoms with Crippen molar-refractivity contribution >= 4 is 77.6 Å². The number of rotatable bonds is 7. The van der Waals surface area contributed by atoms with Gasteiger partial charge >= 0.3 is 0 Å². The average Bonchev–Trinajstić information content (AvgIpc) is 3.23. The Labute approximate surface area is 234 Å². The van der Waals surface area contributed by atoms with Gasteiger partial charge in [-0.3, -0.25) is 18.9 Å². The predicted molar refractivity (Wildman–Crippen MR) is 146 cm³/mol. The molecule has 0 spiro atoms. The number of fused-ring (bicyclic) bond motifs is 1. The van der Waals surface area contributed by atoms with E-state index >= 15 is 4.39 Å². The standard InChI is InChI=1S/C25H18BrCl2F2N3O4S/c1-3-12(2)38(36,37)32-19-8-7-18(29)21(22(19)30)23(34)15-11-33(24-14(15)9-13(26)10-31-24)25(35)20-16(27)5-4-6-17(20)28/h4-12,32H,3H2,1-2H3. The number of anilines is 1. The van der Waals surface area contributed by atoms with Gasteiger partial charge in [-0.05, 0) is 59.6 Å². The highest BCUT2D eigenvalue weighted by Gasteiger charge is 2.29. The number of hydrogen-bond donors (Lipinski definition) is 1. The van der Waals surface area contributed by atoms with Gasteiger partial charge in [0, 0.05) is 22.3 Å². The molecule has 38 heavy (non-hydrogen) atoms. The minimum Gasteiger partial charge on any atom is -0.288 e. The molecule has 0 amide bonds. The Hall–Kier alpha value is -2.86. The normalized spacial score (nSPS) is 12.5. The second-order valence-corrected chi connectivity index (χ2v) is 12.1. The molecule has 0 radical (unpaired) electrons. The summed E-state index contributed by atoms with van der Waals surface area (Å²) < 4.78 is 58.8. The highest BCUT2D eigenvalue weighted by Crippen LogP contribution is 2.32. The molecule has 0 fully saturated rings. The first kappa shape index (κ1) is 28.2. The molecule has 0 saturated carbocycles. The van der Waals surface area contributed by atoms with E-state index in [0.717, 1.165) is 22.9 Å². The number of sulfonamides is 1. The molecule has 7 nitrogen and oxygen atoms in total. The number of nitrogens with zero attached hydrogens (tertiary/aromatic N) is 2. The smallest absolute Gasteiger partial charge is 0.266 e. The number of halogens is 5. The molecule has 1 N–H and O–H groups in total.